The van der Waals surface area contributed by atoms with Crippen molar-refractivity contribution < 1.29 is 13.9 Å². The monoisotopic (exact) mass is 367 g/mol. The van der Waals surface area contributed by atoms with Gasteiger partial charge in [-0.1, -0.05) is 12.1 Å². The molecule has 1 saturated carbocycles. The SMILES string of the molecule is O=C(c1ccc2c(c1)[nH]c(=O)n2C1CC1)N1CCOc2c(F)cccc2C1. The third kappa shape index (κ3) is 2.70. The second-order valence-corrected chi connectivity index (χ2v) is 7.07. The Balaban J connectivity index is 1.47. The van der Waals surface area contributed by atoms with Crippen LogP contribution >= 0.6 is 0 Å². The van der Waals surface area contributed by atoms with Crippen molar-refractivity contribution >= 4 is 16.9 Å². The Labute approximate surface area is 154 Å². The summed E-state index contributed by atoms with van der Waals surface area (Å²) >= 11 is 0. The fourth-order valence-corrected chi connectivity index (χ4v) is 3.70. The van der Waals surface area contributed by atoms with Crippen molar-refractivity contribution in [1.29, 1.82) is 0 Å². The van der Waals surface area contributed by atoms with Gasteiger partial charge in [0.2, 0.25) is 0 Å². The molecule has 1 N–H and O–H groups in total. The van der Waals surface area contributed by atoms with E-state index in [9.17, 15) is 14.0 Å². The number of hydrogen-bond acceptors (Lipinski definition) is 3. The van der Waals surface area contributed by atoms with Crippen molar-refractivity contribution in [3.05, 3.63) is 63.8 Å². The van der Waals surface area contributed by atoms with Gasteiger partial charge in [-0.3, -0.25) is 9.36 Å². The lowest BCUT2D eigenvalue weighted by Crippen LogP contribution is -2.32. The Morgan fingerprint density at radius 1 is 1.22 bits per heavy atom. The highest BCUT2D eigenvalue weighted by atomic mass is 19.1. The van der Waals surface area contributed by atoms with E-state index in [0.717, 1.165) is 18.4 Å². The van der Waals surface area contributed by atoms with Crippen molar-refractivity contribution in [3.63, 3.8) is 0 Å². The summed E-state index contributed by atoms with van der Waals surface area (Å²) in [7, 11) is 0. The van der Waals surface area contributed by atoms with Gasteiger partial charge >= 0.3 is 5.69 Å². The Bertz CT molecular complexity index is 1110. The maximum Gasteiger partial charge on any atom is 0.326 e. The molecule has 0 bridgehead atoms. The molecule has 2 aromatic carbocycles. The van der Waals surface area contributed by atoms with Crippen molar-refractivity contribution in [2.75, 3.05) is 13.2 Å². The Morgan fingerprint density at radius 3 is 2.89 bits per heavy atom. The molecule has 0 spiro atoms. The number of carbonyl (C=O) groups excluding carboxylic acids is 1. The summed E-state index contributed by atoms with van der Waals surface area (Å²) < 4.78 is 21.2. The molecule has 0 radical (unpaired) electrons. The molecule has 5 rings (SSSR count). The van der Waals surface area contributed by atoms with Crippen LogP contribution in [-0.2, 0) is 6.54 Å². The largest absolute Gasteiger partial charge is 0.488 e. The van der Waals surface area contributed by atoms with Crippen LogP contribution in [0, 0.1) is 5.82 Å². The molecule has 0 saturated heterocycles. The predicted octanol–water partition coefficient (Wildman–Crippen LogP) is 2.84. The van der Waals surface area contributed by atoms with Crippen LogP contribution in [0.3, 0.4) is 0 Å². The van der Waals surface area contributed by atoms with Crippen LogP contribution in [0.4, 0.5) is 4.39 Å². The molecule has 6 nitrogen and oxygen atoms in total. The highest BCUT2D eigenvalue weighted by molar-refractivity contribution is 5.97. The average Bonchev–Trinajstić information content (AvgIpc) is 3.46. The zero-order valence-corrected chi connectivity index (χ0v) is 14.6. The number of nitrogens with one attached hydrogen (secondary N) is 1. The first kappa shape index (κ1) is 16.1. The number of amides is 1. The van der Waals surface area contributed by atoms with Gasteiger partial charge in [0, 0.05) is 23.7 Å². The Kier molecular flexibility index (Phi) is 3.56. The average molecular weight is 367 g/mol. The summed E-state index contributed by atoms with van der Waals surface area (Å²) in [5.41, 5.74) is 2.49. The summed E-state index contributed by atoms with van der Waals surface area (Å²) in [4.78, 5) is 29.7. The number of ether oxygens (including phenoxy) is 1. The normalized spacial score (nSPS) is 16.7. The van der Waals surface area contributed by atoms with E-state index >= 15 is 0 Å². The van der Waals surface area contributed by atoms with E-state index in [-0.39, 0.29) is 36.5 Å². The standard InChI is InChI=1S/C20H18FN3O3/c21-15-3-1-2-13-11-23(8-9-27-18(13)15)19(25)12-4-7-17-16(10-12)22-20(26)24(17)14-5-6-14/h1-4,7,10,14H,5-6,8-9,11H2,(H,22,26). The molecule has 2 heterocycles. The third-order valence-corrected chi connectivity index (χ3v) is 5.18. The number of halogens is 1. The number of para-hydroxylation sites is 1. The molecule has 1 aromatic heterocycles. The third-order valence-electron chi connectivity index (χ3n) is 5.18. The molecule has 3 aromatic rings. The van der Waals surface area contributed by atoms with E-state index in [0.29, 0.717) is 23.2 Å². The van der Waals surface area contributed by atoms with Gasteiger partial charge < -0.3 is 14.6 Å². The second-order valence-electron chi connectivity index (χ2n) is 7.07. The van der Waals surface area contributed by atoms with Gasteiger partial charge in [0.25, 0.3) is 5.91 Å². The van der Waals surface area contributed by atoms with Gasteiger partial charge in [-0.05, 0) is 37.1 Å². The summed E-state index contributed by atoms with van der Waals surface area (Å²) in [6.07, 6.45) is 2.02. The topological polar surface area (TPSA) is 67.3 Å². The maximum absolute atomic E-state index is 13.9. The second kappa shape index (κ2) is 5.97. The molecule has 0 atom stereocenters. The predicted molar refractivity (Wildman–Crippen MR) is 97.5 cm³/mol. The number of hydrogen-bond donors (Lipinski definition) is 1. The van der Waals surface area contributed by atoms with Crippen molar-refractivity contribution in [1.82, 2.24) is 14.5 Å². The Hall–Kier alpha value is -3.09. The Morgan fingerprint density at radius 2 is 2.07 bits per heavy atom. The highest BCUT2D eigenvalue weighted by Crippen LogP contribution is 2.36. The minimum Gasteiger partial charge on any atom is -0.488 e. The lowest BCUT2D eigenvalue weighted by atomic mass is 10.1. The molecule has 0 unspecified atom stereocenters. The lowest BCUT2D eigenvalue weighted by molar-refractivity contribution is 0.0733. The van der Waals surface area contributed by atoms with Crippen molar-refractivity contribution in [3.8, 4) is 5.75 Å². The van der Waals surface area contributed by atoms with Gasteiger partial charge in [-0.2, -0.15) is 0 Å². The van der Waals surface area contributed by atoms with Crippen LogP contribution in [-0.4, -0.2) is 33.5 Å². The van der Waals surface area contributed by atoms with E-state index < -0.39 is 5.82 Å². The van der Waals surface area contributed by atoms with E-state index in [4.69, 9.17) is 4.74 Å². The number of fused-ring (bicyclic) bond motifs is 2. The minimum atomic E-state index is -0.415. The summed E-state index contributed by atoms with van der Waals surface area (Å²) in [5, 5.41) is 0. The molecule has 27 heavy (non-hydrogen) atoms. The van der Waals surface area contributed by atoms with Crippen molar-refractivity contribution in [2.45, 2.75) is 25.4 Å². The number of nitrogens with zero attached hydrogens (tertiary/aromatic N) is 2. The molecule has 2 aliphatic rings. The van der Waals surface area contributed by atoms with E-state index in [1.54, 1.807) is 33.7 Å². The first-order valence-corrected chi connectivity index (χ1v) is 9.05. The molecule has 1 amide bonds. The van der Waals surface area contributed by atoms with Crippen LogP contribution in [0.5, 0.6) is 5.75 Å². The first-order chi connectivity index (χ1) is 13.1. The first-order valence-electron chi connectivity index (χ1n) is 9.05. The molecular weight excluding hydrogens is 349 g/mol. The van der Waals surface area contributed by atoms with Gasteiger partial charge in [0.1, 0.15) is 6.61 Å². The smallest absolute Gasteiger partial charge is 0.326 e. The van der Waals surface area contributed by atoms with E-state index in [1.165, 1.54) is 6.07 Å². The summed E-state index contributed by atoms with van der Waals surface area (Å²) in [5.74, 6) is -0.367. The molecule has 1 fully saturated rings. The van der Waals surface area contributed by atoms with Crippen LogP contribution < -0.4 is 10.4 Å². The number of aromatic nitrogens is 2. The maximum atomic E-state index is 13.9. The quantitative estimate of drug-likeness (QED) is 0.757. The van der Waals surface area contributed by atoms with Gasteiger partial charge in [0.15, 0.2) is 11.6 Å². The van der Waals surface area contributed by atoms with Crippen LogP contribution in [0.1, 0.15) is 34.8 Å². The number of aromatic amines is 1. The number of benzene rings is 2. The van der Waals surface area contributed by atoms with Gasteiger partial charge in [-0.15, -0.1) is 0 Å². The molecule has 1 aliphatic heterocycles. The molecule has 7 heteroatoms. The summed E-state index contributed by atoms with van der Waals surface area (Å²) in [6, 6.07) is 10.3. The minimum absolute atomic E-state index is 0.135. The number of carbonyl (C=O) groups is 1. The van der Waals surface area contributed by atoms with Crippen molar-refractivity contribution in [2.24, 2.45) is 0 Å². The molecule has 138 valence electrons. The van der Waals surface area contributed by atoms with Gasteiger partial charge in [0.05, 0.1) is 17.6 Å². The summed E-state index contributed by atoms with van der Waals surface area (Å²) in [6.45, 7) is 0.880. The zero-order valence-electron chi connectivity index (χ0n) is 14.6. The molecule has 1 aliphatic carbocycles. The van der Waals surface area contributed by atoms with Crippen LogP contribution in [0.15, 0.2) is 41.2 Å². The van der Waals surface area contributed by atoms with E-state index in [1.807, 2.05) is 6.07 Å². The number of H-pyrrole nitrogens is 1. The van der Waals surface area contributed by atoms with E-state index in [2.05, 4.69) is 4.98 Å². The highest BCUT2D eigenvalue weighted by Gasteiger charge is 2.28. The number of imidazole rings is 1. The lowest BCUT2D eigenvalue weighted by Gasteiger charge is -2.20. The van der Waals surface area contributed by atoms with Gasteiger partial charge in [-0.25, -0.2) is 9.18 Å². The number of rotatable bonds is 2. The fraction of sp³-hybridized carbons (Fsp3) is 0.300. The fourth-order valence-electron chi connectivity index (χ4n) is 3.70. The molecular formula is C20H18FN3O3. The van der Waals surface area contributed by atoms with Crippen LogP contribution in [0.2, 0.25) is 0 Å². The van der Waals surface area contributed by atoms with Crippen LogP contribution in [0.25, 0.3) is 11.0 Å². The zero-order chi connectivity index (χ0) is 18.5.